The Bertz CT molecular complexity index is 762. The van der Waals surface area contributed by atoms with Crippen molar-refractivity contribution < 1.29 is 23.8 Å². The molecule has 0 aliphatic carbocycles. The van der Waals surface area contributed by atoms with E-state index in [-0.39, 0.29) is 12.2 Å². The van der Waals surface area contributed by atoms with E-state index < -0.39 is 17.9 Å². The quantitative estimate of drug-likeness (QED) is 0.363. The standard InChI is InChI=1S/C17H18N2O5/c1-10(16(20)21)9-13-7-8-14(23-13)17(22)24-12-5-3-11(4-6-12)15(18)19-2/h3-8,10H,9H2,1-2H3,(H2,18,19)(H,20,21)/t10-/m0/s1. The molecule has 3 N–H and O–H groups in total. The summed E-state index contributed by atoms with van der Waals surface area (Å²) < 4.78 is 10.5. The van der Waals surface area contributed by atoms with Gasteiger partial charge in [0.15, 0.2) is 0 Å². The van der Waals surface area contributed by atoms with Crippen molar-refractivity contribution >= 4 is 17.8 Å². The maximum absolute atomic E-state index is 12.0. The Kier molecular flexibility index (Phi) is 5.36. The molecule has 1 aromatic carbocycles. The second-order valence-corrected chi connectivity index (χ2v) is 5.23. The van der Waals surface area contributed by atoms with Crippen LogP contribution in [0.1, 0.15) is 28.8 Å². The summed E-state index contributed by atoms with van der Waals surface area (Å²) in [6.45, 7) is 1.57. The molecule has 24 heavy (non-hydrogen) atoms. The van der Waals surface area contributed by atoms with Crippen molar-refractivity contribution in [3.05, 3.63) is 53.5 Å². The molecule has 0 amide bonds. The zero-order chi connectivity index (χ0) is 17.7. The van der Waals surface area contributed by atoms with E-state index in [0.29, 0.717) is 17.3 Å². The van der Waals surface area contributed by atoms with Crippen LogP contribution in [-0.2, 0) is 11.2 Å². The molecule has 0 saturated carbocycles. The first-order valence-electron chi connectivity index (χ1n) is 7.27. The van der Waals surface area contributed by atoms with Crippen LogP contribution in [0.15, 0.2) is 45.8 Å². The minimum atomic E-state index is -0.925. The number of esters is 1. The fourth-order valence-electron chi connectivity index (χ4n) is 1.97. The number of carboxylic acids is 1. The summed E-state index contributed by atoms with van der Waals surface area (Å²) in [5.74, 6) is -1.03. The monoisotopic (exact) mass is 330 g/mol. The number of ether oxygens (including phenoxy) is 1. The van der Waals surface area contributed by atoms with Gasteiger partial charge in [0.25, 0.3) is 0 Å². The second kappa shape index (κ2) is 7.45. The van der Waals surface area contributed by atoms with Gasteiger partial charge in [-0.15, -0.1) is 0 Å². The van der Waals surface area contributed by atoms with E-state index in [4.69, 9.17) is 20.0 Å². The lowest BCUT2D eigenvalue weighted by Crippen LogP contribution is -2.13. The third-order valence-corrected chi connectivity index (χ3v) is 3.39. The molecule has 7 heteroatoms. The van der Waals surface area contributed by atoms with Crippen LogP contribution in [0.25, 0.3) is 0 Å². The third kappa shape index (κ3) is 4.22. The second-order valence-electron chi connectivity index (χ2n) is 5.23. The summed E-state index contributed by atoms with van der Waals surface area (Å²) in [5, 5.41) is 8.88. The molecule has 2 rings (SSSR count). The van der Waals surface area contributed by atoms with Crippen LogP contribution in [0, 0.1) is 5.92 Å². The number of furan rings is 1. The van der Waals surface area contributed by atoms with E-state index in [2.05, 4.69) is 4.99 Å². The van der Waals surface area contributed by atoms with Crippen molar-refractivity contribution in [3.8, 4) is 5.75 Å². The van der Waals surface area contributed by atoms with Gasteiger partial charge in [0.1, 0.15) is 17.3 Å². The summed E-state index contributed by atoms with van der Waals surface area (Å²) in [5.41, 5.74) is 6.41. The van der Waals surface area contributed by atoms with Crippen molar-refractivity contribution in [1.82, 2.24) is 0 Å². The van der Waals surface area contributed by atoms with Crippen molar-refractivity contribution in [2.75, 3.05) is 7.05 Å². The van der Waals surface area contributed by atoms with Crippen molar-refractivity contribution in [2.24, 2.45) is 16.6 Å². The zero-order valence-electron chi connectivity index (χ0n) is 13.4. The molecule has 0 fully saturated rings. The van der Waals surface area contributed by atoms with Crippen LogP contribution >= 0.6 is 0 Å². The summed E-state index contributed by atoms with van der Waals surface area (Å²) in [7, 11) is 1.59. The number of hydrogen-bond donors (Lipinski definition) is 2. The van der Waals surface area contributed by atoms with Gasteiger partial charge in [-0.1, -0.05) is 6.92 Å². The Morgan fingerprint density at radius 2 is 1.92 bits per heavy atom. The number of hydrogen-bond acceptors (Lipinski definition) is 5. The lowest BCUT2D eigenvalue weighted by atomic mass is 10.1. The fraction of sp³-hybridized carbons (Fsp3) is 0.235. The molecule has 7 nitrogen and oxygen atoms in total. The van der Waals surface area contributed by atoms with Crippen LogP contribution in [0.2, 0.25) is 0 Å². The highest BCUT2D eigenvalue weighted by Gasteiger charge is 2.18. The van der Waals surface area contributed by atoms with E-state index in [9.17, 15) is 9.59 Å². The van der Waals surface area contributed by atoms with E-state index in [1.54, 1.807) is 44.3 Å². The van der Waals surface area contributed by atoms with Crippen LogP contribution in [0.5, 0.6) is 5.75 Å². The third-order valence-electron chi connectivity index (χ3n) is 3.39. The molecule has 0 aliphatic heterocycles. The number of benzene rings is 1. The number of amidine groups is 1. The summed E-state index contributed by atoms with van der Waals surface area (Å²) in [6.07, 6.45) is 0.201. The van der Waals surface area contributed by atoms with Crippen LogP contribution in [0.4, 0.5) is 0 Å². The number of aliphatic imine (C=N–C) groups is 1. The average Bonchev–Trinajstić information content (AvgIpc) is 3.03. The Labute approximate surface area is 138 Å². The van der Waals surface area contributed by atoms with Crippen molar-refractivity contribution in [1.29, 1.82) is 0 Å². The number of nitrogens with zero attached hydrogens (tertiary/aromatic N) is 1. The predicted octanol–water partition coefficient (Wildman–Crippen LogP) is 2.10. The molecule has 2 aromatic rings. The highest BCUT2D eigenvalue weighted by Crippen LogP contribution is 2.17. The highest BCUT2D eigenvalue weighted by atomic mass is 16.5. The minimum absolute atomic E-state index is 0.0151. The Morgan fingerprint density at radius 1 is 1.25 bits per heavy atom. The average molecular weight is 330 g/mol. The van der Waals surface area contributed by atoms with Crippen LogP contribution < -0.4 is 10.5 Å². The number of carboxylic acid groups (broad SMARTS) is 1. The molecule has 0 radical (unpaired) electrons. The first kappa shape index (κ1) is 17.3. The lowest BCUT2D eigenvalue weighted by Gasteiger charge is -2.05. The smallest absolute Gasteiger partial charge is 0.379 e. The maximum atomic E-state index is 12.0. The van der Waals surface area contributed by atoms with Gasteiger partial charge in [-0.2, -0.15) is 0 Å². The van der Waals surface area contributed by atoms with E-state index in [1.807, 2.05) is 0 Å². The Hall–Kier alpha value is -3.09. The molecule has 0 saturated heterocycles. The van der Waals surface area contributed by atoms with E-state index >= 15 is 0 Å². The fourth-order valence-corrected chi connectivity index (χ4v) is 1.97. The molecule has 1 aromatic heterocycles. The van der Waals surface area contributed by atoms with Crippen molar-refractivity contribution in [3.63, 3.8) is 0 Å². The van der Waals surface area contributed by atoms with Gasteiger partial charge in [-0.3, -0.25) is 9.79 Å². The summed E-state index contributed by atoms with van der Waals surface area (Å²) >= 11 is 0. The van der Waals surface area contributed by atoms with Gasteiger partial charge >= 0.3 is 11.9 Å². The number of rotatable bonds is 6. The van der Waals surface area contributed by atoms with Gasteiger partial charge in [-0.05, 0) is 36.4 Å². The van der Waals surface area contributed by atoms with Gasteiger partial charge in [0.2, 0.25) is 5.76 Å². The number of carbonyl (C=O) groups excluding carboxylic acids is 1. The molecule has 0 aliphatic rings. The van der Waals surface area contributed by atoms with Crippen LogP contribution in [0.3, 0.4) is 0 Å². The molecule has 126 valence electrons. The molecule has 0 unspecified atom stereocenters. The highest BCUT2D eigenvalue weighted by molar-refractivity contribution is 5.97. The summed E-state index contributed by atoms with van der Waals surface area (Å²) in [6, 6.07) is 9.60. The first-order chi connectivity index (χ1) is 11.4. The molecule has 1 atom stereocenters. The molecule has 0 bridgehead atoms. The predicted molar refractivity (Wildman–Crippen MR) is 87.3 cm³/mol. The topological polar surface area (TPSA) is 115 Å². The number of aliphatic carboxylic acids is 1. The summed E-state index contributed by atoms with van der Waals surface area (Å²) in [4.78, 5) is 26.7. The van der Waals surface area contributed by atoms with Gasteiger partial charge in [0.05, 0.1) is 5.92 Å². The first-order valence-corrected chi connectivity index (χ1v) is 7.27. The van der Waals surface area contributed by atoms with Crippen LogP contribution in [-0.4, -0.2) is 29.9 Å². The maximum Gasteiger partial charge on any atom is 0.379 e. The van der Waals surface area contributed by atoms with E-state index in [1.165, 1.54) is 6.07 Å². The minimum Gasteiger partial charge on any atom is -0.481 e. The molecular weight excluding hydrogens is 312 g/mol. The van der Waals surface area contributed by atoms with E-state index in [0.717, 1.165) is 5.56 Å². The molecule has 0 spiro atoms. The number of carbonyl (C=O) groups is 2. The molecular formula is C17H18N2O5. The zero-order valence-corrected chi connectivity index (χ0v) is 13.4. The van der Waals surface area contributed by atoms with Gasteiger partial charge in [-0.25, -0.2) is 4.79 Å². The SMILES string of the molecule is CN=C(N)c1ccc(OC(=O)c2ccc(C[C@H](C)C(=O)O)o2)cc1. The Morgan fingerprint density at radius 3 is 2.50 bits per heavy atom. The van der Waals surface area contributed by atoms with Crippen molar-refractivity contribution in [2.45, 2.75) is 13.3 Å². The number of nitrogens with two attached hydrogens (primary N) is 1. The van der Waals surface area contributed by atoms with Gasteiger partial charge in [0, 0.05) is 19.0 Å². The molecule has 1 heterocycles. The largest absolute Gasteiger partial charge is 0.481 e. The lowest BCUT2D eigenvalue weighted by molar-refractivity contribution is -0.141. The van der Waals surface area contributed by atoms with Gasteiger partial charge < -0.3 is 20.0 Å². The normalized spacial score (nSPS) is 12.7. The Balaban J connectivity index is 2.02.